The largest absolute Gasteiger partial charge is 0.372 e. The van der Waals surface area contributed by atoms with Crippen LogP contribution in [0.3, 0.4) is 0 Å². The Bertz CT molecular complexity index is 619. The average molecular weight is 296 g/mol. The van der Waals surface area contributed by atoms with Crippen LogP contribution in [0.5, 0.6) is 0 Å². The maximum absolute atomic E-state index is 12.0. The number of aromatic nitrogens is 1. The molecule has 1 aromatic carbocycles. The molecule has 0 aliphatic rings. The molecule has 0 spiro atoms. The van der Waals surface area contributed by atoms with Gasteiger partial charge in [0.15, 0.2) is 0 Å². The summed E-state index contributed by atoms with van der Waals surface area (Å²) in [7, 11) is 0. The van der Waals surface area contributed by atoms with Crippen LogP contribution in [-0.2, 0) is 0 Å². The summed E-state index contributed by atoms with van der Waals surface area (Å²) in [5.74, 6) is -0.226. The van der Waals surface area contributed by atoms with Gasteiger partial charge in [0.05, 0.1) is 6.21 Å². The van der Waals surface area contributed by atoms with Gasteiger partial charge >= 0.3 is 0 Å². The van der Waals surface area contributed by atoms with Crippen molar-refractivity contribution in [2.75, 3.05) is 18.0 Å². The highest BCUT2D eigenvalue weighted by molar-refractivity contribution is 5.95. The lowest BCUT2D eigenvalue weighted by Gasteiger charge is -2.20. The van der Waals surface area contributed by atoms with Crippen LogP contribution in [-0.4, -0.2) is 30.2 Å². The molecular formula is C17H20N4O. The molecule has 1 N–H and O–H groups in total. The SMILES string of the molecule is CCN(CC)c1ccc(C(=O)N/N=C\c2ccncc2)cc1. The molecule has 0 fully saturated rings. The Kier molecular flexibility index (Phi) is 5.65. The number of carbonyl (C=O) groups is 1. The topological polar surface area (TPSA) is 57.6 Å². The lowest BCUT2D eigenvalue weighted by Crippen LogP contribution is -2.22. The zero-order valence-electron chi connectivity index (χ0n) is 12.9. The van der Waals surface area contributed by atoms with E-state index in [1.807, 2.05) is 36.4 Å². The fraction of sp³-hybridized carbons (Fsp3) is 0.235. The minimum absolute atomic E-state index is 0.226. The summed E-state index contributed by atoms with van der Waals surface area (Å²) in [5, 5.41) is 3.95. The van der Waals surface area contributed by atoms with Crippen molar-refractivity contribution in [3.63, 3.8) is 0 Å². The molecule has 0 aliphatic carbocycles. The number of anilines is 1. The van der Waals surface area contributed by atoms with Gasteiger partial charge in [-0.05, 0) is 55.8 Å². The van der Waals surface area contributed by atoms with E-state index >= 15 is 0 Å². The van der Waals surface area contributed by atoms with Gasteiger partial charge < -0.3 is 4.90 Å². The van der Waals surface area contributed by atoms with E-state index in [1.165, 1.54) is 0 Å². The van der Waals surface area contributed by atoms with E-state index in [4.69, 9.17) is 0 Å². The van der Waals surface area contributed by atoms with Crippen molar-refractivity contribution in [1.29, 1.82) is 0 Å². The van der Waals surface area contributed by atoms with Gasteiger partial charge in [-0.2, -0.15) is 5.10 Å². The van der Waals surface area contributed by atoms with Crippen molar-refractivity contribution in [2.45, 2.75) is 13.8 Å². The number of amides is 1. The molecule has 1 aromatic heterocycles. The van der Waals surface area contributed by atoms with E-state index in [1.54, 1.807) is 18.6 Å². The molecule has 5 heteroatoms. The third kappa shape index (κ3) is 4.15. The van der Waals surface area contributed by atoms with E-state index in [9.17, 15) is 4.79 Å². The highest BCUT2D eigenvalue weighted by atomic mass is 16.2. The van der Waals surface area contributed by atoms with Crippen LogP contribution in [0.15, 0.2) is 53.9 Å². The fourth-order valence-corrected chi connectivity index (χ4v) is 2.09. The Labute approximate surface area is 130 Å². The molecular weight excluding hydrogens is 276 g/mol. The van der Waals surface area contributed by atoms with Gasteiger partial charge in [0.1, 0.15) is 0 Å². The number of hydrogen-bond acceptors (Lipinski definition) is 4. The molecule has 0 radical (unpaired) electrons. The van der Waals surface area contributed by atoms with Crippen molar-refractivity contribution in [2.24, 2.45) is 5.10 Å². The van der Waals surface area contributed by atoms with Crippen LogP contribution in [0.1, 0.15) is 29.8 Å². The third-order valence-corrected chi connectivity index (χ3v) is 3.34. The summed E-state index contributed by atoms with van der Waals surface area (Å²) in [6.45, 7) is 6.10. The lowest BCUT2D eigenvalue weighted by atomic mass is 10.2. The monoisotopic (exact) mass is 296 g/mol. The van der Waals surface area contributed by atoms with Gasteiger partial charge in [-0.15, -0.1) is 0 Å². The predicted molar refractivity (Wildman–Crippen MR) is 89.3 cm³/mol. The quantitative estimate of drug-likeness (QED) is 0.658. The number of rotatable bonds is 6. The Morgan fingerprint density at radius 3 is 2.36 bits per heavy atom. The van der Waals surface area contributed by atoms with E-state index < -0.39 is 0 Å². The molecule has 22 heavy (non-hydrogen) atoms. The summed E-state index contributed by atoms with van der Waals surface area (Å²) in [6, 6.07) is 11.2. The second-order valence-electron chi connectivity index (χ2n) is 4.70. The Hall–Kier alpha value is -2.69. The smallest absolute Gasteiger partial charge is 0.271 e. The van der Waals surface area contributed by atoms with E-state index in [-0.39, 0.29) is 5.91 Å². The second-order valence-corrected chi connectivity index (χ2v) is 4.70. The van der Waals surface area contributed by atoms with E-state index in [0.717, 1.165) is 24.3 Å². The highest BCUT2D eigenvalue weighted by Crippen LogP contribution is 2.14. The molecule has 1 heterocycles. The molecule has 0 bridgehead atoms. The number of hydrogen-bond donors (Lipinski definition) is 1. The number of pyridine rings is 1. The number of nitrogens with one attached hydrogen (secondary N) is 1. The predicted octanol–water partition coefficient (Wildman–Crippen LogP) is 2.69. The number of nitrogens with zero attached hydrogens (tertiary/aromatic N) is 3. The van der Waals surface area contributed by atoms with E-state index in [2.05, 4.69) is 34.3 Å². The minimum Gasteiger partial charge on any atom is -0.372 e. The average Bonchev–Trinajstić information content (AvgIpc) is 2.57. The van der Waals surface area contributed by atoms with Gasteiger partial charge in [-0.1, -0.05) is 0 Å². The molecule has 2 rings (SSSR count). The molecule has 0 unspecified atom stereocenters. The van der Waals surface area contributed by atoms with E-state index in [0.29, 0.717) is 5.56 Å². The van der Waals surface area contributed by atoms with Crippen LogP contribution in [0, 0.1) is 0 Å². The summed E-state index contributed by atoms with van der Waals surface area (Å²) in [4.78, 5) is 18.1. The third-order valence-electron chi connectivity index (χ3n) is 3.34. The molecule has 1 amide bonds. The minimum atomic E-state index is -0.226. The summed E-state index contributed by atoms with van der Waals surface area (Å²) in [5.41, 5.74) is 5.10. The van der Waals surface area contributed by atoms with Crippen molar-refractivity contribution in [3.8, 4) is 0 Å². The first-order valence-electron chi connectivity index (χ1n) is 7.33. The molecule has 2 aromatic rings. The fourth-order valence-electron chi connectivity index (χ4n) is 2.09. The normalized spacial score (nSPS) is 10.6. The van der Waals surface area contributed by atoms with Gasteiger partial charge in [0.25, 0.3) is 5.91 Å². The van der Waals surface area contributed by atoms with Gasteiger partial charge in [-0.3, -0.25) is 9.78 Å². The molecule has 114 valence electrons. The standard InChI is InChI=1S/C17H20N4O/c1-3-21(4-2)16-7-5-15(6-8-16)17(22)20-19-13-14-9-11-18-12-10-14/h5-13H,3-4H2,1-2H3,(H,20,22)/b19-13-. The Morgan fingerprint density at radius 1 is 1.14 bits per heavy atom. The van der Waals surface area contributed by atoms with Crippen molar-refractivity contribution in [3.05, 3.63) is 59.9 Å². The number of hydrazone groups is 1. The maximum atomic E-state index is 12.0. The lowest BCUT2D eigenvalue weighted by molar-refractivity contribution is 0.0955. The zero-order valence-corrected chi connectivity index (χ0v) is 12.9. The van der Waals surface area contributed by atoms with Crippen LogP contribution in [0.4, 0.5) is 5.69 Å². The summed E-state index contributed by atoms with van der Waals surface area (Å²) < 4.78 is 0. The molecule has 0 atom stereocenters. The Balaban J connectivity index is 1.97. The van der Waals surface area contributed by atoms with Crippen LogP contribution in [0.25, 0.3) is 0 Å². The van der Waals surface area contributed by atoms with Crippen molar-refractivity contribution >= 4 is 17.8 Å². The zero-order chi connectivity index (χ0) is 15.8. The summed E-state index contributed by atoms with van der Waals surface area (Å²) >= 11 is 0. The first kappa shape index (κ1) is 15.7. The molecule has 5 nitrogen and oxygen atoms in total. The molecule has 0 aliphatic heterocycles. The van der Waals surface area contributed by atoms with Crippen molar-refractivity contribution < 1.29 is 4.79 Å². The van der Waals surface area contributed by atoms with Crippen molar-refractivity contribution in [1.82, 2.24) is 10.4 Å². The Morgan fingerprint density at radius 2 is 1.77 bits per heavy atom. The van der Waals surface area contributed by atoms with Crippen LogP contribution in [0.2, 0.25) is 0 Å². The van der Waals surface area contributed by atoms with Gasteiger partial charge in [-0.25, -0.2) is 5.43 Å². The summed E-state index contributed by atoms with van der Waals surface area (Å²) in [6.07, 6.45) is 4.94. The van der Waals surface area contributed by atoms with Crippen LogP contribution < -0.4 is 10.3 Å². The van der Waals surface area contributed by atoms with Gasteiger partial charge in [0, 0.05) is 36.7 Å². The highest BCUT2D eigenvalue weighted by Gasteiger charge is 2.06. The second kappa shape index (κ2) is 7.93. The number of benzene rings is 1. The first-order valence-corrected chi connectivity index (χ1v) is 7.33. The number of carbonyl (C=O) groups excluding carboxylic acids is 1. The van der Waals surface area contributed by atoms with Crippen LogP contribution >= 0.6 is 0 Å². The first-order chi connectivity index (χ1) is 10.7. The molecule has 0 saturated carbocycles. The maximum Gasteiger partial charge on any atom is 0.271 e. The molecule has 0 saturated heterocycles. The van der Waals surface area contributed by atoms with Gasteiger partial charge in [0.2, 0.25) is 0 Å².